The third-order valence-corrected chi connectivity index (χ3v) is 2.59. The molecule has 1 aromatic rings. The summed E-state index contributed by atoms with van der Waals surface area (Å²) in [5, 5.41) is 0. The van der Waals surface area contributed by atoms with Gasteiger partial charge in [-0.15, -0.1) is 0 Å². The first-order chi connectivity index (χ1) is 11.3. The van der Waals surface area contributed by atoms with Crippen molar-refractivity contribution in [3.05, 3.63) is 42.7 Å². The van der Waals surface area contributed by atoms with Gasteiger partial charge >= 0.3 is 5.97 Å². The second kappa shape index (κ2) is 12.5. The molecular weight excluding hydrogens is 304 g/mol. The highest BCUT2D eigenvalue weighted by Gasteiger charge is 2.04. The normalized spacial score (nSPS) is 10.1. The molecular formula is C16H22O7. The van der Waals surface area contributed by atoms with Crippen LogP contribution in [0.3, 0.4) is 0 Å². The lowest BCUT2D eigenvalue weighted by molar-refractivity contribution is -0.254. The van der Waals surface area contributed by atoms with Gasteiger partial charge in [0.1, 0.15) is 25.2 Å². The molecule has 1 rings (SSSR count). The van der Waals surface area contributed by atoms with Crippen molar-refractivity contribution in [3.63, 3.8) is 0 Å². The van der Waals surface area contributed by atoms with Crippen LogP contribution >= 0.6 is 0 Å². The summed E-state index contributed by atoms with van der Waals surface area (Å²) in [6, 6.07) is 6.71. The van der Waals surface area contributed by atoms with Gasteiger partial charge in [-0.3, -0.25) is 0 Å². The van der Waals surface area contributed by atoms with Gasteiger partial charge in [0.25, 0.3) is 0 Å². The van der Waals surface area contributed by atoms with Gasteiger partial charge in [0, 0.05) is 0 Å². The number of benzene rings is 1. The lowest BCUT2D eigenvalue weighted by atomic mass is 10.2. The van der Waals surface area contributed by atoms with Crippen molar-refractivity contribution in [2.75, 3.05) is 46.8 Å². The zero-order valence-electron chi connectivity index (χ0n) is 13.2. The number of hydrogen-bond donors (Lipinski definition) is 0. The summed E-state index contributed by atoms with van der Waals surface area (Å²) >= 11 is 0. The summed E-state index contributed by atoms with van der Waals surface area (Å²) in [5.41, 5.74) is 0.482. The van der Waals surface area contributed by atoms with E-state index in [0.29, 0.717) is 51.0 Å². The van der Waals surface area contributed by atoms with Gasteiger partial charge in [0.05, 0.1) is 39.1 Å². The third-order valence-electron chi connectivity index (χ3n) is 2.59. The molecule has 0 aromatic heterocycles. The Bertz CT molecular complexity index is 444. The number of hydrogen-bond acceptors (Lipinski definition) is 7. The van der Waals surface area contributed by atoms with Crippen LogP contribution in [0, 0.1) is 0 Å². The van der Waals surface area contributed by atoms with E-state index in [1.165, 1.54) is 13.4 Å². The molecule has 0 spiro atoms. The van der Waals surface area contributed by atoms with Crippen molar-refractivity contribution in [2.45, 2.75) is 0 Å². The number of rotatable bonds is 13. The predicted molar refractivity (Wildman–Crippen MR) is 82.1 cm³/mol. The van der Waals surface area contributed by atoms with Crippen molar-refractivity contribution in [1.82, 2.24) is 0 Å². The maximum Gasteiger partial charge on any atom is 0.337 e. The van der Waals surface area contributed by atoms with Crippen LogP contribution in [0.5, 0.6) is 5.75 Å². The van der Waals surface area contributed by atoms with E-state index >= 15 is 0 Å². The number of ether oxygens (including phenoxy) is 4. The monoisotopic (exact) mass is 326 g/mol. The SMILES string of the molecule is C=COOCCOCCOCCOc1ccc(C(=O)OC)cc1. The Morgan fingerprint density at radius 1 is 1.00 bits per heavy atom. The smallest absolute Gasteiger partial charge is 0.337 e. The first-order valence-electron chi connectivity index (χ1n) is 7.13. The average molecular weight is 326 g/mol. The molecule has 0 radical (unpaired) electrons. The molecule has 0 aliphatic carbocycles. The van der Waals surface area contributed by atoms with Gasteiger partial charge in [-0.2, -0.15) is 4.89 Å². The Morgan fingerprint density at radius 3 is 2.22 bits per heavy atom. The van der Waals surface area contributed by atoms with Crippen LogP contribution in [0.1, 0.15) is 10.4 Å². The highest BCUT2D eigenvalue weighted by Crippen LogP contribution is 2.12. The van der Waals surface area contributed by atoms with Crippen LogP contribution in [-0.4, -0.2) is 52.7 Å². The van der Waals surface area contributed by atoms with E-state index < -0.39 is 0 Å². The molecule has 1 aromatic carbocycles. The lowest BCUT2D eigenvalue weighted by Gasteiger charge is -2.08. The van der Waals surface area contributed by atoms with Crippen LogP contribution in [0.15, 0.2) is 37.1 Å². The van der Waals surface area contributed by atoms with Crippen molar-refractivity contribution in [1.29, 1.82) is 0 Å². The molecule has 0 atom stereocenters. The number of methoxy groups -OCH3 is 1. The summed E-state index contributed by atoms with van der Waals surface area (Å²) < 4.78 is 20.7. The predicted octanol–water partition coefficient (Wildman–Crippen LogP) is 1.98. The van der Waals surface area contributed by atoms with Gasteiger partial charge in [0.2, 0.25) is 0 Å². The molecule has 0 saturated carbocycles. The summed E-state index contributed by atoms with van der Waals surface area (Å²) in [4.78, 5) is 20.4. The van der Waals surface area contributed by atoms with Crippen LogP contribution in [-0.2, 0) is 24.0 Å². The minimum Gasteiger partial charge on any atom is -0.491 e. The molecule has 0 unspecified atom stereocenters. The van der Waals surface area contributed by atoms with E-state index in [2.05, 4.69) is 21.1 Å². The maximum absolute atomic E-state index is 11.3. The summed E-state index contributed by atoms with van der Waals surface area (Å²) in [6.07, 6.45) is 1.20. The summed E-state index contributed by atoms with van der Waals surface area (Å²) in [7, 11) is 1.34. The van der Waals surface area contributed by atoms with Crippen LogP contribution < -0.4 is 4.74 Å². The molecule has 0 amide bonds. The molecule has 0 heterocycles. The highest BCUT2D eigenvalue weighted by atomic mass is 17.2. The van der Waals surface area contributed by atoms with Gasteiger partial charge in [0.15, 0.2) is 0 Å². The maximum atomic E-state index is 11.3. The largest absolute Gasteiger partial charge is 0.491 e. The van der Waals surface area contributed by atoms with E-state index in [1.807, 2.05) is 0 Å². The van der Waals surface area contributed by atoms with Gasteiger partial charge in [-0.05, 0) is 24.3 Å². The Kier molecular flexibility index (Phi) is 10.3. The molecule has 0 bridgehead atoms. The standard InChI is InChI=1S/C16H22O7/c1-3-22-23-13-11-20-9-8-19-10-12-21-15-6-4-14(5-7-15)16(17)18-2/h3-7H,1,8-13H2,2H3. The molecule has 128 valence electrons. The van der Waals surface area contributed by atoms with Crippen molar-refractivity contribution in [3.8, 4) is 5.75 Å². The summed E-state index contributed by atoms with van der Waals surface area (Å²) in [6.45, 7) is 5.86. The fourth-order valence-corrected chi connectivity index (χ4v) is 1.53. The van der Waals surface area contributed by atoms with Gasteiger partial charge < -0.3 is 23.8 Å². The highest BCUT2D eigenvalue weighted by molar-refractivity contribution is 5.89. The quantitative estimate of drug-likeness (QED) is 0.180. The zero-order chi connectivity index (χ0) is 16.8. The molecule has 0 saturated heterocycles. The van der Waals surface area contributed by atoms with E-state index in [0.717, 1.165) is 0 Å². The molecule has 7 nitrogen and oxygen atoms in total. The fourth-order valence-electron chi connectivity index (χ4n) is 1.53. The van der Waals surface area contributed by atoms with Crippen LogP contribution in [0.25, 0.3) is 0 Å². The zero-order valence-corrected chi connectivity index (χ0v) is 13.2. The molecule has 7 heteroatoms. The topological polar surface area (TPSA) is 72.5 Å². The van der Waals surface area contributed by atoms with Crippen molar-refractivity contribution < 1.29 is 33.5 Å². The first kappa shape index (κ1) is 19.0. The third kappa shape index (κ3) is 8.82. The second-order valence-corrected chi connectivity index (χ2v) is 4.17. The number of esters is 1. The Labute approximate surface area is 135 Å². The van der Waals surface area contributed by atoms with Gasteiger partial charge in [-0.25, -0.2) is 4.79 Å². The van der Waals surface area contributed by atoms with Gasteiger partial charge in [-0.1, -0.05) is 6.58 Å². The van der Waals surface area contributed by atoms with E-state index in [4.69, 9.17) is 14.2 Å². The minimum absolute atomic E-state index is 0.330. The van der Waals surface area contributed by atoms with Crippen LogP contribution in [0.4, 0.5) is 0 Å². The first-order valence-corrected chi connectivity index (χ1v) is 7.13. The molecule has 0 N–H and O–H groups in total. The molecule has 0 aliphatic heterocycles. The Morgan fingerprint density at radius 2 is 1.61 bits per heavy atom. The summed E-state index contributed by atoms with van der Waals surface area (Å²) in [5.74, 6) is 0.290. The van der Waals surface area contributed by atoms with Crippen molar-refractivity contribution in [2.24, 2.45) is 0 Å². The second-order valence-electron chi connectivity index (χ2n) is 4.17. The molecule has 0 aliphatic rings. The van der Waals surface area contributed by atoms with E-state index in [-0.39, 0.29) is 5.97 Å². The Balaban J connectivity index is 1.98. The Hall–Kier alpha value is -2.09. The molecule has 23 heavy (non-hydrogen) atoms. The average Bonchev–Trinajstić information content (AvgIpc) is 2.59. The fraction of sp³-hybridized carbons (Fsp3) is 0.438. The minimum atomic E-state index is -0.374. The van der Waals surface area contributed by atoms with E-state index in [9.17, 15) is 4.79 Å². The number of carbonyl (C=O) groups excluding carboxylic acids is 1. The molecule has 0 fully saturated rings. The van der Waals surface area contributed by atoms with Crippen molar-refractivity contribution >= 4 is 5.97 Å². The van der Waals surface area contributed by atoms with Crippen LogP contribution in [0.2, 0.25) is 0 Å². The van der Waals surface area contributed by atoms with E-state index in [1.54, 1.807) is 24.3 Å². The lowest BCUT2D eigenvalue weighted by Crippen LogP contribution is -2.12. The number of carbonyl (C=O) groups is 1.